The molecule has 1 saturated carbocycles. The summed E-state index contributed by atoms with van der Waals surface area (Å²) >= 11 is 1.58. The molecule has 2 N–H and O–H groups in total. The number of hydrogen-bond acceptors (Lipinski definition) is 3. The molecule has 1 fully saturated rings. The van der Waals surface area contributed by atoms with Gasteiger partial charge in [0.25, 0.3) is 0 Å². The minimum Gasteiger partial charge on any atom is -0.481 e. The topological polar surface area (TPSA) is 66.4 Å². The first-order valence-corrected chi connectivity index (χ1v) is 7.26. The highest BCUT2D eigenvalue weighted by molar-refractivity contribution is 7.09. The van der Waals surface area contributed by atoms with Gasteiger partial charge in [0.2, 0.25) is 5.91 Å². The van der Waals surface area contributed by atoms with Gasteiger partial charge in [-0.05, 0) is 29.7 Å². The molecule has 100 valence electrons. The molecule has 4 atom stereocenters. The summed E-state index contributed by atoms with van der Waals surface area (Å²) < 4.78 is 0. The Hall–Kier alpha value is -1.62. The fourth-order valence-electron chi connectivity index (χ4n) is 3.22. The van der Waals surface area contributed by atoms with E-state index in [1.54, 1.807) is 11.3 Å². The molecule has 1 heterocycles. The normalized spacial score (nSPS) is 31.6. The molecule has 2 aliphatic rings. The Morgan fingerprint density at radius 3 is 2.68 bits per heavy atom. The maximum atomic E-state index is 12.2. The van der Waals surface area contributed by atoms with Crippen molar-refractivity contribution in [2.45, 2.75) is 13.0 Å². The van der Waals surface area contributed by atoms with Crippen molar-refractivity contribution < 1.29 is 14.7 Å². The number of carbonyl (C=O) groups excluding carboxylic acids is 1. The molecule has 3 rings (SSSR count). The van der Waals surface area contributed by atoms with E-state index >= 15 is 0 Å². The highest BCUT2D eigenvalue weighted by Crippen LogP contribution is 2.48. The molecule has 0 saturated heterocycles. The van der Waals surface area contributed by atoms with Gasteiger partial charge in [-0.25, -0.2) is 0 Å². The van der Waals surface area contributed by atoms with E-state index in [2.05, 4.69) is 5.32 Å². The van der Waals surface area contributed by atoms with Crippen LogP contribution in [-0.4, -0.2) is 17.0 Å². The lowest BCUT2D eigenvalue weighted by molar-refractivity contribution is -0.147. The van der Waals surface area contributed by atoms with Crippen molar-refractivity contribution in [2.75, 3.05) is 0 Å². The number of aliphatic carboxylic acids is 1. The van der Waals surface area contributed by atoms with Gasteiger partial charge in [-0.3, -0.25) is 9.59 Å². The van der Waals surface area contributed by atoms with Crippen molar-refractivity contribution in [1.82, 2.24) is 5.32 Å². The number of carboxylic acids is 1. The van der Waals surface area contributed by atoms with E-state index < -0.39 is 17.8 Å². The lowest BCUT2D eigenvalue weighted by atomic mass is 9.82. The molecule has 5 heteroatoms. The minimum atomic E-state index is -0.854. The van der Waals surface area contributed by atoms with E-state index in [1.807, 2.05) is 29.7 Å². The van der Waals surface area contributed by atoms with E-state index in [1.165, 1.54) is 0 Å². The van der Waals surface area contributed by atoms with Crippen LogP contribution in [0.2, 0.25) is 0 Å². The standard InChI is InChI=1S/C14H15NO3S/c16-13(15-7-10-2-1-5-19-10)11-8-3-4-9(6-8)12(11)14(17)18/h1-5,8-9,11-12H,6-7H2,(H,15,16)(H,17,18)/t8-,9-,11+,12+/m0/s1. The van der Waals surface area contributed by atoms with E-state index in [4.69, 9.17) is 0 Å². The largest absolute Gasteiger partial charge is 0.481 e. The van der Waals surface area contributed by atoms with Crippen molar-refractivity contribution in [1.29, 1.82) is 0 Å². The molecule has 19 heavy (non-hydrogen) atoms. The van der Waals surface area contributed by atoms with Gasteiger partial charge >= 0.3 is 5.97 Å². The number of hydrogen-bond donors (Lipinski definition) is 2. The molecular formula is C14H15NO3S. The number of rotatable bonds is 4. The van der Waals surface area contributed by atoms with Gasteiger partial charge in [0.05, 0.1) is 18.4 Å². The van der Waals surface area contributed by atoms with Crippen molar-refractivity contribution >= 4 is 23.2 Å². The second-order valence-corrected chi connectivity index (χ2v) is 6.17. The Balaban J connectivity index is 1.68. The van der Waals surface area contributed by atoms with Crippen LogP contribution in [0.1, 0.15) is 11.3 Å². The van der Waals surface area contributed by atoms with Crippen LogP contribution in [-0.2, 0) is 16.1 Å². The maximum Gasteiger partial charge on any atom is 0.307 e. The van der Waals surface area contributed by atoms with Crippen LogP contribution in [0, 0.1) is 23.7 Å². The number of allylic oxidation sites excluding steroid dienone is 2. The molecule has 0 radical (unpaired) electrons. The number of fused-ring (bicyclic) bond motifs is 2. The third-order valence-corrected chi connectivity index (χ3v) is 4.94. The Morgan fingerprint density at radius 2 is 2.05 bits per heavy atom. The second kappa shape index (κ2) is 4.81. The van der Waals surface area contributed by atoms with Crippen LogP contribution in [0.3, 0.4) is 0 Å². The molecule has 1 amide bonds. The summed E-state index contributed by atoms with van der Waals surface area (Å²) in [5.41, 5.74) is 0. The Morgan fingerprint density at radius 1 is 1.32 bits per heavy atom. The predicted octanol–water partition coefficient (Wildman–Crippen LogP) is 1.89. The highest BCUT2D eigenvalue weighted by Gasteiger charge is 2.51. The third-order valence-electron chi connectivity index (χ3n) is 4.06. The first-order chi connectivity index (χ1) is 9.16. The summed E-state index contributed by atoms with van der Waals surface area (Å²) in [7, 11) is 0. The lowest BCUT2D eigenvalue weighted by Crippen LogP contribution is -2.39. The van der Waals surface area contributed by atoms with E-state index in [9.17, 15) is 14.7 Å². The van der Waals surface area contributed by atoms with E-state index in [0.717, 1.165) is 11.3 Å². The van der Waals surface area contributed by atoms with Crippen molar-refractivity contribution in [3.8, 4) is 0 Å². The van der Waals surface area contributed by atoms with Gasteiger partial charge < -0.3 is 10.4 Å². The first kappa shape index (κ1) is 12.4. The molecule has 0 spiro atoms. The molecule has 2 aliphatic carbocycles. The van der Waals surface area contributed by atoms with Gasteiger partial charge in [0.1, 0.15) is 0 Å². The quantitative estimate of drug-likeness (QED) is 0.826. The summed E-state index contributed by atoms with van der Waals surface area (Å²) in [5, 5.41) is 14.1. The van der Waals surface area contributed by atoms with Gasteiger partial charge in [0.15, 0.2) is 0 Å². The number of amides is 1. The summed E-state index contributed by atoms with van der Waals surface area (Å²) in [6, 6.07) is 3.90. The Bertz CT molecular complexity index is 523. The third kappa shape index (κ3) is 2.18. The average molecular weight is 277 g/mol. The van der Waals surface area contributed by atoms with Crippen molar-refractivity contribution in [3.63, 3.8) is 0 Å². The summed E-state index contributed by atoms with van der Waals surface area (Å²) in [6.45, 7) is 0.487. The molecule has 0 unspecified atom stereocenters. The fourth-order valence-corrected chi connectivity index (χ4v) is 3.87. The van der Waals surface area contributed by atoms with Crippen LogP contribution >= 0.6 is 11.3 Å². The van der Waals surface area contributed by atoms with Crippen LogP contribution in [0.25, 0.3) is 0 Å². The molecule has 0 aliphatic heterocycles. The fraction of sp³-hybridized carbons (Fsp3) is 0.429. The molecular weight excluding hydrogens is 262 g/mol. The number of carboxylic acid groups (broad SMARTS) is 1. The average Bonchev–Trinajstić information content (AvgIpc) is 3.10. The zero-order chi connectivity index (χ0) is 13.4. The van der Waals surface area contributed by atoms with E-state index in [0.29, 0.717) is 6.54 Å². The van der Waals surface area contributed by atoms with Gasteiger partial charge in [-0.2, -0.15) is 0 Å². The van der Waals surface area contributed by atoms with Gasteiger partial charge in [-0.1, -0.05) is 18.2 Å². The van der Waals surface area contributed by atoms with Crippen LogP contribution in [0.5, 0.6) is 0 Å². The first-order valence-electron chi connectivity index (χ1n) is 6.38. The second-order valence-electron chi connectivity index (χ2n) is 5.14. The highest BCUT2D eigenvalue weighted by atomic mass is 32.1. The SMILES string of the molecule is O=C(O)[C@H]1[C@H](C(=O)NCc2cccs2)[C@H]2C=C[C@H]1C2. The zero-order valence-electron chi connectivity index (χ0n) is 10.3. The van der Waals surface area contributed by atoms with Crippen LogP contribution in [0.15, 0.2) is 29.7 Å². The van der Waals surface area contributed by atoms with Crippen LogP contribution < -0.4 is 5.32 Å². The molecule has 2 bridgehead atoms. The molecule has 4 nitrogen and oxygen atoms in total. The van der Waals surface area contributed by atoms with Crippen molar-refractivity contribution in [2.24, 2.45) is 23.7 Å². The zero-order valence-corrected chi connectivity index (χ0v) is 11.1. The lowest BCUT2D eigenvalue weighted by Gasteiger charge is -2.23. The summed E-state index contributed by atoms with van der Waals surface area (Å²) in [4.78, 5) is 24.7. The molecule has 1 aromatic rings. The summed E-state index contributed by atoms with van der Waals surface area (Å²) in [6.07, 6.45) is 4.75. The Kier molecular flexibility index (Phi) is 3.14. The number of thiophene rings is 1. The molecule has 0 aromatic carbocycles. The number of nitrogens with one attached hydrogen (secondary N) is 1. The van der Waals surface area contributed by atoms with E-state index in [-0.39, 0.29) is 17.7 Å². The van der Waals surface area contributed by atoms with Gasteiger partial charge in [-0.15, -0.1) is 11.3 Å². The smallest absolute Gasteiger partial charge is 0.307 e. The predicted molar refractivity (Wildman–Crippen MR) is 71.5 cm³/mol. The van der Waals surface area contributed by atoms with Crippen molar-refractivity contribution in [3.05, 3.63) is 34.5 Å². The minimum absolute atomic E-state index is 0.0278. The monoisotopic (exact) mass is 277 g/mol. The summed E-state index contributed by atoms with van der Waals surface area (Å²) in [5.74, 6) is -1.83. The number of carbonyl (C=O) groups is 2. The maximum absolute atomic E-state index is 12.2. The van der Waals surface area contributed by atoms with Crippen LogP contribution in [0.4, 0.5) is 0 Å². The Labute approximate surface area is 115 Å². The van der Waals surface area contributed by atoms with Gasteiger partial charge in [0, 0.05) is 4.88 Å². The molecule has 1 aromatic heterocycles.